The van der Waals surface area contributed by atoms with E-state index in [1.807, 2.05) is 13.8 Å². The molecule has 10 heteroatoms. The highest BCUT2D eigenvalue weighted by Gasteiger charge is 2.61. The van der Waals surface area contributed by atoms with Crippen molar-refractivity contribution in [1.29, 1.82) is 0 Å². The van der Waals surface area contributed by atoms with Crippen LogP contribution in [0.2, 0.25) is 0 Å². The van der Waals surface area contributed by atoms with Crippen LogP contribution in [0, 0.1) is 0 Å². The Labute approximate surface area is 164 Å². The number of ether oxygens (including phenoxy) is 2. The van der Waals surface area contributed by atoms with Gasteiger partial charge in [-0.05, 0) is 39.2 Å². The van der Waals surface area contributed by atoms with Gasteiger partial charge in [0.2, 0.25) is 11.5 Å². The Bertz CT molecular complexity index is 999. The average Bonchev–Trinajstić information content (AvgIpc) is 3.07. The second kappa shape index (κ2) is 7.25. The summed E-state index contributed by atoms with van der Waals surface area (Å²) in [6.07, 6.45) is 0.494. The molecule has 0 bridgehead atoms. The summed E-state index contributed by atoms with van der Waals surface area (Å²) in [6.45, 7) is 4.32. The minimum Gasteiger partial charge on any atom is -0.461 e. The molecule has 154 valence electrons. The van der Waals surface area contributed by atoms with Crippen LogP contribution in [-0.2, 0) is 4.74 Å². The number of halogens is 3. The Morgan fingerprint density at radius 2 is 1.97 bits per heavy atom. The smallest absolute Gasteiger partial charge is 0.428 e. The lowest BCUT2D eigenvalue weighted by atomic mass is 9.79. The Hall–Kier alpha value is -2.75. The van der Waals surface area contributed by atoms with Crippen LogP contribution < -0.4 is 4.74 Å². The standard InChI is InChI=1S/C19H20F3N5O2/c1-3-28-12(2)17-26-25-15-10-23-14(11-27(15)17)13-5-6-16(24-9-13)29-18(7-4-8-18)19(20,21)22/h5-6,9-12H,3-4,7-8H2,1-2H3/t12-/m0/s1. The maximum absolute atomic E-state index is 13.3. The van der Waals surface area contributed by atoms with Crippen LogP contribution >= 0.6 is 0 Å². The van der Waals surface area contributed by atoms with E-state index in [2.05, 4.69) is 20.2 Å². The van der Waals surface area contributed by atoms with Crippen molar-refractivity contribution in [2.45, 2.75) is 51.0 Å². The molecule has 29 heavy (non-hydrogen) atoms. The second-order valence-electron chi connectivity index (χ2n) is 6.99. The largest absolute Gasteiger partial charge is 0.461 e. The van der Waals surface area contributed by atoms with Gasteiger partial charge in [-0.1, -0.05) is 0 Å². The van der Waals surface area contributed by atoms with Gasteiger partial charge in [-0.2, -0.15) is 13.2 Å². The molecule has 1 fully saturated rings. The molecule has 0 aliphatic heterocycles. The third-order valence-corrected chi connectivity index (χ3v) is 5.11. The van der Waals surface area contributed by atoms with Crippen LogP contribution in [0.4, 0.5) is 13.2 Å². The highest BCUT2D eigenvalue weighted by Crippen LogP contribution is 2.48. The summed E-state index contributed by atoms with van der Waals surface area (Å²) >= 11 is 0. The highest BCUT2D eigenvalue weighted by molar-refractivity contribution is 5.59. The summed E-state index contributed by atoms with van der Waals surface area (Å²) in [5.41, 5.74) is -0.334. The van der Waals surface area contributed by atoms with Crippen molar-refractivity contribution < 1.29 is 22.6 Å². The minimum atomic E-state index is -4.42. The van der Waals surface area contributed by atoms with Crippen molar-refractivity contribution in [2.24, 2.45) is 0 Å². The molecule has 0 radical (unpaired) electrons. The van der Waals surface area contributed by atoms with E-state index in [1.165, 1.54) is 12.3 Å². The van der Waals surface area contributed by atoms with E-state index in [4.69, 9.17) is 9.47 Å². The molecular weight excluding hydrogens is 387 g/mol. The molecular formula is C19H20F3N5O2. The van der Waals surface area contributed by atoms with Crippen molar-refractivity contribution in [3.63, 3.8) is 0 Å². The number of aromatic nitrogens is 5. The summed E-state index contributed by atoms with van der Waals surface area (Å²) < 4.78 is 52.4. The van der Waals surface area contributed by atoms with Crippen LogP contribution in [0.1, 0.15) is 45.0 Å². The Balaban J connectivity index is 1.59. The lowest BCUT2D eigenvalue weighted by Crippen LogP contribution is -2.55. The minimum absolute atomic E-state index is 0.0490. The number of alkyl halides is 3. The molecule has 3 aromatic heterocycles. The van der Waals surface area contributed by atoms with E-state index in [9.17, 15) is 13.2 Å². The van der Waals surface area contributed by atoms with Gasteiger partial charge in [0.15, 0.2) is 11.5 Å². The molecule has 1 aliphatic carbocycles. The van der Waals surface area contributed by atoms with E-state index >= 15 is 0 Å². The summed E-state index contributed by atoms with van der Waals surface area (Å²) in [4.78, 5) is 8.40. The van der Waals surface area contributed by atoms with Crippen molar-refractivity contribution >= 4 is 5.65 Å². The predicted molar refractivity (Wildman–Crippen MR) is 97.3 cm³/mol. The second-order valence-corrected chi connectivity index (χ2v) is 6.99. The van der Waals surface area contributed by atoms with Crippen LogP contribution in [0.25, 0.3) is 16.9 Å². The van der Waals surface area contributed by atoms with Crippen molar-refractivity contribution in [1.82, 2.24) is 24.6 Å². The van der Waals surface area contributed by atoms with Crippen molar-refractivity contribution in [2.75, 3.05) is 6.61 Å². The first-order valence-electron chi connectivity index (χ1n) is 9.37. The fraction of sp³-hybridized carbons (Fsp3) is 0.474. The molecule has 0 aromatic carbocycles. The lowest BCUT2D eigenvalue weighted by molar-refractivity contribution is -0.275. The fourth-order valence-corrected chi connectivity index (χ4v) is 3.30. The first-order valence-corrected chi connectivity index (χ1v) is 9.37. The highest BCUT2D eigenvalue weighted by atomic mass is 19.4. The number of pyridine rings is 1. The summed E-state index contributed by atoms with van der Waals surface area (Å²) in [6, 6.07) is 3.07. The van der Waals surface area contributed by atoms with E-state index in [-0.39, 0.29) is 24.8 Å². The average molecular weight is 407 g/mol. The van der Waals surface area contributed by atoms with E-state index in [1.54, 1.807) is 22.9 Å². The third kappa shape index (κ3) is 3.52. The van der Waals surface area contributed by atoms with Crippen LogP contribution in [-0.4, -0.2) is 43.0 Å². The van der Waals surface area contributed by atoms with Gasteiger partial charge >= 0.3 is 6.18 Å². The number of hydrogen-bond acceptors (Lipinski definition) is 6. The number of hydrogen-bond donors (Lipinski definition) is 0. The zero-order valence-corrected chi connectivity index (χ0v) is 16.0. The molecule has 7 nitrogen and oxygen atoms in total. The molecule has 0 amide bonds. The van der Waals surface area contributed by atoms with Gasteiger partial charge in [-0.3, -0.25) is 9.38 Å². The molecule has 4 rings (SSSR count). The third-order valence-electron chi connectivity index (χ3n) is 5.11. The monoisotopic (exact) mass is 407 g/mol. The zero-order chi connectivity index (χ0) is 20.6. The summed E-state index contributed by atoms with van der Waals surface area (Å²) in [5.74, 6) is 0.581. The van der Waals surface area contributed by atoms with Crippen LogP contribution in [0.15, 0.2) is 30.7 Å². The summed E-state index contributed by atoms with van der Waals surface area (Å²) in [5, 5.41) is 8.23. The quantitative estimate of drug-likeness (QED) is 0.611. The van der Waals surface area contributed by atoms with Gasteiger partial charge in [0.1, 0.15) is 6.10 Å². The van der Waals surface area contributed by atoms with Gasteiger partial charge in [-0.25, -0.2) is 4.98 Å². The van der Waals surface area contributed by atoms with Crippen LogP contribution in [0.3, 0.4) is 0 Å². The fourth-order valence-electron chi connectivity index (χ4n) is 3.30. The Morgan fingerprint density at radius 3 is 2.55 bits per heavy atom. The number of fused-ring (bicyclic) bond motifs is 1. The zero-order valence-electron chi connectivity index (χ0n) is 16.0. The molecule has 0 spiro atoms. The topological polar surface area (TPSA) is 74.4 Å². The van der Waals surface area contributed by atoms with E-state index in [0.717, 1.165) is 0 Å². The van der Waals surface area contributed by atoms with Gasteiger partial charge in [0, 0.05) is 30.6 Å². The molecule has 0 unspecified atom stereocenters. The van der Waals surface area contributed by atoms with Gasteiger partial charge in [-0.15, -0.1) is 10.2 Å². The molecule has 1 saturated carbocycles. The molecule has 1 aliphatic rings. The summed E-state index contributed by atoms with van der Waals surface area (Å²) in [7, 11) is 0. The van der Waals surface area contributed by atoms with Gasteiger partial charge in [0.25, 0.3) is 0 Å². The van der Waals surface area contributed by atoms with Crippen LogP contribution in [0.5, 0.6) is 5.88 Å². The Kier molecular flexibility index (Phi) is 4.89. The number of nitrogens with zero attached hydrogens (tertiary/aromatic N) is 5. The van der Waals surface area contributed by atoms with Gasteiger partial charge < -0.3 is 9.47 Å². The lowest BCUT2D eigenvalue weighted by Gasteiger charge is -2.42. The maximum Gasteiger partial charge on any atom is 0.428 e. The SMILES string of the molecule is CCO[C@@H](C)c1nnc2cnc(-c3ccc(OC4(C(F)(F)F)CCC4)nc3)cn12. The maximum atomic E-state index is 13.3. The van der Waals surface area contributed by atoms with Crippen molar-refractivity contribution in [3.8, 4) is 17.1 Å². The molecule has 0 saturated heterocycles. The first-order chi connectivity index (χ1) is 13.8. The molecule has 3 aromatic rings. The molecule has 0 N–H and O–H groups in total. The normalized spacial score (nSPS) is 17.1. The van der Waals surface area contributed by atoms with Crippen molar-refractivity contribution in [3.05, 3.63) is 36.5 Å². The van der Waals surface area contributed by atoms with Gasteiger partial charge in [0.05, 0.1) is 11.9 Å². The number of rotatable bonds is 6. The van der Waals surface area contributed by atoms with E-state index in [0.29, 0.717) is 35.8 Å². The molecule has 1 atom stereocenters. The molecule has 3 heterocycles. The first kappa shape index (κ1) is 19.6. The predicted octanol–water partition coefficient (Wildman–Crippen LogP) is 4.15. The van der Waals surface area contributed by atoms with E-state index < -0.39 is 11.8 Å². The Morgan fingerprint density at radius 1 is 1.17 bits per heavy atom.